The predicted molar refractivity (Wildman–Crippen MR) is 49.7 cm³/mol. The molecule has 100 valence electrons. The van der Waals surface area contributed by atoms with Crippen LogP contribution >= 0.6 is 12.4 Å². The van der Waals surface area contributed by atoms with Gasteiger partial charge in [-0.1, -0.05) is 0 Å². The van der Waals surface area contributed by atoms with Crippen LogP contribution in [-0.2, 0) is 19.5 Å². The van der Waals surface area contributed by atoms with Crippen molar-refractivity contribution in [1.82, 2.24) is 0 Å². The molecule has 0 radical (unpaired) electrons. The number of halogens is 8. The molecule has 0 nitrogen and oxygen atoms in total. The summed E-state index contributed by atoms with van der Waals surface area (Å²) in [6, 6.07) is 1.09. The molecule has 9 heteroatoms. The Balaban J connectivity index is 0.00000162. The van der Waals surface area contributed by atoms with Crippen molar-refractivity contribution in [3.8, 4) is 0 Å². The van der Waals surface area contributed by atoms with Crippen molar-refractivity contribution < 1.29 is 50.2 Å². The van der Waals surface area contributed by atoms with Crippen LogP contribution in [0.5, 0.6) is 0 Å². The summed E-state index contributed by atoms with van der Waals surface area (Å²) < 4.78 is 90.4. The Morgan fingerprint density at radius 1 is 0.526 bits per heavy atom. The summed E-state index contributed by atoms with van der Waals surface area (Å²) in [5, 5.41) is -3.16. The van der Waals surface area contributed by atoms with Gasteiger partial charge in [0.15, 0.2) is 11.6 Å². The molecule has 0 aliphatic carbocycles. The molecule has 0 amide bonds. The van der Waals surface area contributed by atoms with Crippen molar-refractivity contribution in [2.45, 2.75) is 0 Å². The van der Waals surface area contributed by atoms with Gasteiger partial charge in [-0.25, -0.2) is 26.3 Å². The second-order valence-corrected chi connectivity index (χ2v) is 3.07. The number of fused-ring (bicyclic) bond motifs is 1. The van der Waals surface area contributed by atoms with E-state index < -0.39 is 51.5 Å². The number of hydrogen-bond donors (Lipinski definition) is 0. The molecule has 0 spiro atoms. The first kappa shape index (κ1) is 18.1. The molecule has 2 rings (SSSR count). The maximum absolute atomic E-state index is 13.1. The summed E-state index contributed by atoms with van der Waals surface area (Å²) in [6.45, 7) is 0. The van der Waals surface area contributed by atoms with E-state index in [1.54, 1.807) is 0 Å². The van der Waals surface area contributed by atoms with Crippen molar-refractivity contribution in [1.29, 1.82) is 0 Å². The zero-order valence-corrected chi connectivity index (χ0v) is 12.5. The molecule has 0 aromatic heterocycles. The Bertz CT molecular complexity index is 644. The van der Waals surface area contributed by atoms with Crippen LogP contribution in [0.3, 0.4) is 0 Å². The minimum atomic E-state index is -2.35. The molecule has 19 heavy (non-hydrogen) atoms. The Kier molecular flexibility index (Phi) is 5.77. The minimum absolute atomic E-state index is 0. The Hall–Kier alpha value is -0.877. The first-order valence-electron chi connectivity index (χ1n) is 4.07. The first-order chi connectivity index (χ1) is 7.86. The molecule has 0 fully saturated rings. The van der Waals surface area contributed by atoms with Gasteiger partial charge in [0.2, 0.25) is 0 Å². The van der Waals surface area contributed by atoms with Gasteiger partial charge < -0.3 is 0 Å². The van der Waals surface area contributed by atoms with E-state index in [4.69, 9.17) is 0 Å². The molecule has 0 N–H and O–H groups in total. The van der Waals surface area contributed by atoms with Crippen molar-refractivity contribution >= 4 is 23.2 Å². The molecular weight excluding hydrogens is 354 g/mol. The van der Waals surface area contributed by atoms with E-state index in [1.165, 1.54) is 0 Å². The van der Waals surface area contributed by atoms with Crippen LogP contribution < -0.4 is 0 Å². The topological polar surface area (TPSA) is 0 Å². The van der Waals surface area contributed by atoms with Crippen LogP contribution in [-0.4, -0.2) is 0 Å². The van der Waals surface area contributed by atoms with Crippen LogP contribution in [0.15, 0.2) is 0 Å². The Labute approximate surface area is 120 Å². The third kappa shape index (κ3) is 2.56. The summed E-state index contributed by atoms with van der Waals surface area (Å²) in [5.74, 6) is -14.9. The first-order valence-corrected chi connectivity index (χ1v) is 4.07. The fourth-order valence-electron chi connectivity index (χ4n) is 1.37. The van der Waals surface area contributed by atoms with E-state index >= 15 is 0 Å². The van der Waals surface area contributed by atoms with Gasteiger partial charge in [-0.3, -0.25) is 4.39 Å². The van der Waals surface area contributed by atoms with Gasteiger partial charge in [-0.2, -0.15) is 0 Å². The fraction of sp³-hybridized carbons (Fsp3) is 0. The quantitative estimate of drug-likeness (QED) is 0.220. The van der Waals surface area contributed by atoms with Gasteiger partial charge in [-0.15, -0.1) is 18.5 Å². The molecule has 0 heterocycles. The van der Waals surface area contributed by atoms with Gasteiger partial charge in [0.05, 0.1) is 5.82 Å². The molecule has 0 atom stereocenters. The normalized spacial score (nSPS) is 10.1. The van der Waals surface area contributed by atoms with E-state index in [1.807, 2.05) is 0 Å². The van der Waals surface area contributed by atoms with Crippen LogP contribution in [0.2, 0.25) is 0 Å². The van der Waals surface area contributed by atoms with E-state index in [9.17, 15) is 30.7 Å². The molecule has 2 aromatic rings. The van der Waals surface area contributed by atoms with Crippen LogP contribution in [0, 0.1) is 46.8 Å². The van der Waals surface area contributed by atoms with Gasteiger partial charge >= 0.3 is 0 Å². The maximum atomic E-state index is 13.1. The fourth-order valence-corrected chi connectivity index (χ4v) is 1.37. The summed E-state index contributed by atoms with van der Waals surface area (Å²) in [5.41, 5.74) is 0. The molecule has 2 aromatic carbocycles. The summed E-state index contributed by atoms with van der Waals surface area (Å²) in [6.07, 6.45) is 0. The smallest absolute Gasteiger partial charge is 0.194 e. The Morgan fingerprint density at radius 3 is 1.42 bits per heavy atom. The van der Waals surface area contributed by atoms with Gasteiger partial charge in [0.1, 0.15) is 11.6 Å². The predicted octanol–water partition coefficient (Wildman–Crippen LogP) is 4.03. The molecule has 0 aliphatic rings. The molecular formula is C10HClF7Zn-. The molecule has 0 bridgehead atoms. The van der Waals surface area contributed by atoms with Crippen LogP contribution in [0.25, 0.3) is 10.8 Å². The van der Waals surface area contributed by atoms with Crippen molar-refractivity contribution in [3.63, 3.8) is 0 Å². The van der Waals surface area contributed by atoms with Crippen molar-refractivity contribution in [2.75, 3.05) is 0 Å². The molecule has 0 aliphatic heterocycles. The van der Waals surface area contributed by atoms with Crippen molar-refractivity contribution in [3.05, 3.63) is 46.8 Å². The monoisotopic (exact) mass is 353 g/mol. The second kappa shape index (κ2) is 6.05. The van der Waals surface area contributed by atoms with E-state index in [0.717, 1.165) is 6.07 Å². The largest absolute Gasteiger partial charge is 0.281 e. The zero-order chi connectivity index (χ0) is 12.9. The summed E-state index contributed by atoms with van der Waals surface area (Å²) >= 11 is 0. The third-order valence-corrected chi connectivity index (χ3v) is 2.12. The zero-order valence-electron chi connectivity index (χ0n) is 8.76. The van der Waals surface area contributed by atoms with Gasteiger partial charge in [0, 0.05) is 31.1 Å². The van der Waals surface area contributed by atoms with E-state index in [-0.39, 0.29) is 31.9 Å². The van der Waals surface area contributed by atoms with E-state index in [0.29, 0.717) is 0 Å². The standard InChI is InChI=1S/C10F7.ClH.Zn/c11-2-1-3(12)6(13)5-4(2)7(14)9(16)10(17)8(5)15;;/h;1H;/q-1;;. The molecule has 0 saturated heterocycles. The SMILES string of the molecule is Cl.Fc1[c-]c(F)c2c(F)c(F)c(F)c(F)c2c1F.[Zn]. The molecule has 0 unspecified atom stereocenters. The van der Waals surface area contributed by atoms with Gasteiger partial charge in [0.25, 0.3) is 0 Å². The van der Waals surface area contributed by atoms with Crippen LogP contribution in [0.4, 0.5) is 30.7 Å². The Morgan fingerprint density at radius 2 is 0.947 bits per heavy atom. The van der Waals surface area contributed by atoms with Crippen molar-refractivity contribution in [2.24, 2.45) is 0 Å². The summed E-state index contributed by atoms with van der Waals surface area (Å²) in [7, 11) is 0. The van der Waals surface area contributed by atoms with Crippen LogP contribution in [0.1, 0.15) is 0 Å². The average molecular weight is 355 g/mol. The van der Waals surface area contributed by atoms with Gasteiger partial charge in [-0.05, 0) is 10.8 Å². The van der Waals surface area contributed by atoms with E-state index in [2.05, 4.69) is 0 Å². The second-order valence-electron chi connectivity index (χ2n) is 3.07. The maximum Gasteiger partial charge on any atom is 0.194 e. The number of hydrogen-bond acceptors (Lipinski definition) is 0. The number of rotatable bonds is 0. The molecule has 0 saturated carbocycles. The summed E-state index contributed by atoms with van der Waals surface area (Å²) in [4.78, 5) is 0. The third-order valence-electron chi connectivity index (χ3n) is 2.12. The minimum Gasteiger partial charge on any atom is -0.281 e. The average Bonchev–Trinajstić information content (AvgIpc) is 2.28. The number of benzene rings is 2.